The SMILES string of the molecule is O=C1C(=O)N(C2CCCCC2)C(c2cccs2)/C1=C(/O)c1ccc2c(c1)CCCC2. The Hall–Kier alpha value is -2.40. The summed E-state index contributed by atoms with van der Waals surface area (Å²) in [7, 11) is 0. The van der Waals surface area contributed by atoms with Crippen LogP contribution in [0.1, 0.15) is 72.6 Å². The maximum atomic E-state index is 13.2. The molecule has 4 nitrogen and oxygen atoms in total. The Labute approximate surface area is 181 Å². The third-order valence-corrected chi connectivity index (χ3v) is 7.81. The van der Waals surface area contributed by atoms with E-state index >= 15 is 0 Å². The lowest BCUT2D eigenvalue weighted by Crippen LogP contribution is -2.40. The fourth-order valence-electron chi connectivity index (χ4n) is 5.35. The van der Waals surface area contributed by atoms with Gasteiger partial charge >= 0.3 is 0 Å². The van der Waals surface area contributed by atoms with Crippen molar-refractivity contribution in [3.63, 3.8) is 0 Å². The molecule has 30 heavy (non-hydrogen) atoms. The number of thiophene rings is 1. The Morgan fingerprint density at radius 1 is 0.967 bits per heavy atom. The second-order valence-corrected chi connectivity index (χ2v) is 9.68. The van der Waals surface area contributed by atoms with Gasteiger partial charge in [-0.1, -0.05) is 37.5 Å². The molecule has 5 rings (SSSR count). The second-order valence-electron chi connectivity index (χ2n) is 8.70. The molecule has 1 saturated carbocycles. The van der Waals surface area contributed by atoms with Gasteiger partial charge in [-0.25, -0.2) is 0 Å². The normalized spacial score (nSPS) is 24.3. The highest BCUT2D eigenvalue weighted by atomic mass is 32.1. The number of fused-ring (bicyclic) bond motifs is 1. The molecule has 2 fully saturated rings. The van der Waals surface area contributed by atoms with Crippen LogP contribution in [-0.4, -0.2) is 27.7 Å². The van der Waals surface area contributed by atoms with Gasteiger partial charge in [0.25, 0.3) is 11.7 Å². The molecule has 1 amide bonds. The summed E-state index contributed by atoms with van der Waals surface area (Å²) in [5.41, 5.74) is 3.48. The number of carbonyl (C=O) groups excluding carboxylic acids is 2. The van der Waals surface area contributed by atoms with Crippen molar-refractivity contribution in [3.8, 4) is 0 Å². The molecule has 1 aliphatic heterocycles. The summed E-state index contributed by atoms with van der Waals surface area (Å²) in [6.07, 6.45) is 9.60. The zero-order valence-electron chi connectivity index (χ0n) is 17.1. The van der Waals surface area contributed by atoms with E-state index in [0.29, 0.717) is 5.56 Å². The first-order chi connectivity index (χ1) is 14.6. The summed E-state index contributed by atoms with van der Waals surface area (Å²) in [6.45, 7) is 0. The average Bonchev–Trinajstić information content (AvgIpc) is 3.40. The smallest absolute Gasteiger partial charge is 0.295 e. The summed E-state index contributed by atoms with van der Waals surface area (Å²) in [6, 6.07) is 9.49. The Morgan fingerprint density at radius 2 is 1.73 bits per heavy atom. The molecular formula is C25H27NO3S. The number of rotatable bonds is 3. The number of amides is 1. The molecule has 0 radical (unpaired) electrons. The summed E-state index contributed by atoms with van der Waals surface area (Å²) in [4.78, 5) is 29.0. The van der Waals surface area contributed by atoms with Crippen molar-refractivity contribution < 1.29 is 14.7 Å². The van der Waals surface area contributed by atoms with Gasteiger partial charge in [0.1, 0.15) is 5.76 Å². The molecule has 1 unspecified atom stereocenters. The number of aliphatic hydroxyl groups excluding tert-OH is 1. The molecule has 0 spiro atoms. The van der Waals surface area contributed by atoms with Crippen LogP contribution in [-0.2, 0) is 22.4 Å². The van der Waals surface area contributed by atoms with Crippen LogP contribution in [0.2, 0.25) is 0 Å². The fourth-order valence-corrected chi connectivity index (χ4v) is 6.18. The lowest BCUT2D eigenvalue weighted by Gasteiger charge is -2.34. The predicted octanol–water partition coefficient (Wildman–Crippen LogP) is 5.38. The third-order valence-electron chi connectivity index (χ3n) is 6.88. The summed E-state index contributed by atoms with van der Waals surface area (Å²) < 4.78 is 0. The maximum absolute atomic E-state index is 13.2. The Bertz CT molecular complexity index is 1000. The minimum Gasteiger partial charge on any atom is -0.507 e. The predicted molar refractivity (Wildman–Crippen MR) is 118 cm³/mol. The first-order valence-electron chi connectivity index (χ1n) is 11.1. The number of carbonyl (C=O) groups is 2. The highest BCUT2D eigenvalue weighted by Gasteiger charge is 2.49. The summed E-state index contributed by atoms with van der Waals surface area (Å²) >= 11 is 1.54. The fraction of sp³-hybridized carbons (Fsp3) is 0.440. The number of ketones is 1. The molecule has 3 aliphatic rings. The van der Waals surface area contributed by atoms with Crippen LogP contribution in [0.5, 0.6) is 0 Å². The Morgan fingerprint density at radius 3 is 2.47 bits per heavy atom. The van der Waals surface area contributed by atoms with Crippen LogP contribution in [0.15, 0.2) is 41.3 Å². The van der Waals surface area contributed by atoms with E-state index in [-0.39, 0.29) is 17.4 Å². The third kappa shape index (κ3) is 3.29. The van der Waals surface area contributed by atoms with Gasteiger partial charge in [0.05, 0.1) is 11.6 Å². The van der Waals surface area contributed by atoms with Crippen molar-refractivity contribution in [1.82, 2.24) is 4.90 Å². The van der Waals surface area contributed by atoms with Gasteiger partial charge in [-0.2, -0.15) is 0 Å². The largest absolute Gasteiger partial charge is 0.507 e. The van der Waals surface area contributed by atoms with Gasteiger partial charge in [0.15, 0.2) is 0 Å². The zero-order valence-corrected chi connectivity index (χ0v) is 17.9. The number of aliphatic hydroxyl groups is 1. The van der Waals surface area contributed by atoms with Crippen molar-refractivity contribution in [2.75, 3.05) is 0 Å². The topological polar surface area (TPSA) is 57.6 Å². The van der Waals surface area contributed by atoms with Gasteiger partial charge < -0.3 is 10.0 Å². The number of hydrogen-bond donors (Lipinski definition) is 1. The highest BCUT2D eigenvalue weighted by molar-refractivity contribution is 7.10. The van der Waals surface area contributed by atoms with E-state index in [1.165, 1.54) is 35.3 Å². The van der Waals surface area contributed by atoms with Gasteiger partial charge in [0.2, 0.25) is 0 Å². The van der Waals surface area contributed by atoms with Crippen LogP contribution < -0.4 is 0 Å². The first kappa shape index (κ1) is 19.6. The molecule has 1 saturated heterocycles. The monoisotopic (exact) mass is 421 g/mol. The minimum atomic E-state index is -0.547. The van der Waals surface area contributed by atoms with Gasteiger partial charge in [0, 0.05) is 16.5 Å². The molecule has 1 aromatic heterocycles. The van der Waals surface area contributed by atoms with E-state index in [9.17, 15) is 14.7 Å². The average molecular weight is 422 g/mol. The Balaban J connectivity index is 1.61. The molecule has 156 valence electrons. The van der Waals surface area contributed by atoms with Crippen molar-refractivity contribution in [3.05, 3.63) is 62.9 Å². The van der Waals surface area contributed by atoms with Crippen LogP contribution in [0.25, 0.3) is 5.76 Å². The summed E-state index contributed by atoms with van der Waals surface area (Å²) in [5, 5.41) is 13.2. The zero-order chi connectivity index (χ0) is 20.7. The number of aryl methyl sites for hydroxylation is 2. The van der Waals surface area contributed by atoms with Crippen LogP contribution in [0.3, 0.4) is 0 Å². The van der Waals surface area contributed by atoms with Crippen LogP contribution in [0, 0.1) is 0 Å². The number of benzene rings is 1. The lowest BCUT2D eigenvalue weighted by atomic mass is 9.89. The van der Waals surface area contributed by atoms with Crippen molar-refractivity contribution in [2.45, 2.75) is 69.9 Å². The Kier molecular flexibility index (Phi) is 5.23. The molecule has 5 heteroatoms. The van der Waals surface area contributed by atoms with Crippen molar-refractivity contribution in [2.24, 2.45) is 0 Å². The van der Waals surface area contributed by atoms with E-state index in [2.05, 4.69) is 6.07 Å². The standard InChI is InChI=1S/C25H27NO3S/c27-23(18-13-12-16-7-4-5-8-17(16)15-18)21-22(20-11-6-14-30-20)26(25(29)24(21)28)19-9-2-1-3-10-19/h6,11-15,19,22,27H,1-5,7-10H2/b23-21-. The highest BCUT2D eigenvalue weighted by Crippen LogP contribution is 2.44. The molecule has 1 N–H and O–H groups in total. The van der Waals surface area contributed by atoms with Gasteiger partial charge in [-0.3, -0.25) is 9.59 Å². The molecule has 1 atom stereocenters. The van der Waals surface area contributed by atoms with Crippen molar-refractivity contribution in [1.29, 1.82) is 0 Å². The van der Waals surface area contributed by atoms with E-state index in [1.807, 2.05) is 29.6 Å². The molecule has 1 aromatic carbocycles. The van der Waals surface area contributed by atoms with E-state index < -0.39 is 17.7 Å². The summed E-state index contributed by atoms with van der Waals surface area (Å²) in [5.74, 6) is -1.03. The maximum Gasteiger partial charge on any atom is 0.295 e. The first-order valence-corrected chi connectivity index (χ1v) is 12.0. The van der Waals surface area contributed by atoms with Gasteiger partial charge in [-0.05, 0) is 67.2 Å². The molecule has 2 aliphatic carbocycles. The van der Waals surface area contributed by atoms with Crippen LogP contribution in [0.4, 0.5) is 0 Å². The second kappa shape index (κ2) is 8.03. The van der Waals surface area contributed by atoms with E-state index in [0.717, 1.165) is 49.8 Å². The number of Topliss-reactive ketones (excluding diaryl/α,β-unsaturated/α-hetero) is 1. The quantitative estimate of drug-likeness (QED) is 0.411. The van der Waals surface area contributed by atoms with Crippen LogP contribution >= 0.6 is 11.3 Å². The van der Waals surface area contributed by atoms with E-state index in [4.69, 9.17) is 0 Å². The van der Waals surface area contributed by atoms with Gasteiger partial charge in [-0.15, -0.1) is 11.3 Å². The number of nitrogens with zero attached hydrogens (tertiary/aromatic N) is 1. The molecule has 2 aromatic rings. The molecule has 0 bridgehead atoms. The molecule has 2 heterocycles. The van der Waals surface area contributed by atoms with E-state index in [1.54, 1.807) is 4.90 Å². The minimum absolute atomic E-state index is 0.0292. The number of likely N-dealkylation sites (tertiary alicyclic amines) is 1. The lowest BCUT2D eigenvalue weighted by molar-refractivity contribution is -0.141. The molecular weight excluding hydrogens is 394 g/mol. The number of hydrogen-bond acceptors (Lipinski definition) is 4. The van der Waals surface area contributed by atoms with Crippen molar-refractivity contribution >= 4 is 28.8 Å².